The number of rotatable bonds is 6. The number of hydrogen-bond acceptors (Lipinski definition) is 5. The third kappa shape index (κ3) is 4.61. The second-order valence-electron chi connectivity index (χ2n) is 6.59. The molecule has 7 nitrogen and oxygen atoms in total. The van der Waals surface area contributed by atoms with E-state index in [0.717, 1.165) is 25.7 Å². The van der Waals surface area contributed by atoms with Gasteiger partial charge in [-0.25, -0.2) is 4.79 Å². The number of aryl methyl sites for hydroxylation is 1. The summed E-state index contributed by atoms with van der Waals surface area (Å²) in [6.45, 7) is 3.32. The SMILES string of the molecule is COC(=O)c1cc(CN(C)C(=O)C(NC(C)=O)C2CCCC2)oc1C. The third-order valence-electron chi connectivity index (χ3n) is 4.64. The van der Waals surface area contributed by atoms with Crippen molar-refractivity contribution in [1.82, 2.24) is 10.2 Å². The van der Waals surface area contributed by atoms with E-state index in [4.69, 9.17) is 9.15 Å². The van der Waals surface area contributed by atoms with Gasteiger partial charge in [-0.15, -0.1) is 0 Å². The van der Waals surface area contributed by atoms with Crippen molar-refractivity contribution in [3.05, 3.63) is 23.2 Å². The van der Waals surface area contributed by atoms with Gasteiger partial charge in [0.05, 0.1) is 13.7 Å². The van der Waals surface area contributed by atoms with Gasteiger partial charge in [0.25, 0.3) is 0 Å². The van der Waals surface area contributed by atoms with Crippen molar-refractivity contribution in [3.63, 3.8) is 0 Å². The molecule has 25 heavy (non-hydrogen) atoms. The van der Waals surface area contributed by atoms with Gasteiger partial charge in [0.2, 0.25) is 11.8 Å². The van der Waals surface area contributed by atoms with Gasteiger partial charge in [-0.2, -0.15) is 0 Å². The van der Waals surface area contributed by atoms with Crippen molar-refractivity contribution in [2.45, 2.75) is 52.1 Å². The number of furan rings is 1. The Morgan fingerprint density at radius 3 is 2.56 bits per heavy atom. The summed E-state index contributed by atoms with van der Waals surface area (Å²) in [7, 11) is 2.98. The molecule has 1 aromatic rings. The lowest BCUT2D eigenvalue weighted by molar-refractivity contribution is -0.137. The molecule has 0 aliphatic heterocycles. The standard InChI is InChI=1S/C18H26N2O5/c1-11-15(18(23)24-4)9-14(25-11)10-20(3)17(22)16(19-12(2)21)13-7-5-6-8-13/h9,13,16H,5-8,10H2,1-4H3,(H,19,21). The van der Waals surface area contributed by atoms with Crippen LogP contribution in [-0.4, -0.2) is 42.9 Å². The first kappa shape index (κ1) is 19.0. The highest BCUT2D eigenvalue weighted by molar-refractivity contribution is 5.90. The molecule has 1 atom stereocenters. The maximum Gasteiger partial charge on any atom is 0.341 e. The molecule has 0 aromatic carbocycles. The molecule has 0 spiro atoms. The average molecular weight is 350 g/mol. The van der Waals surface area contributed by atoms with Crippen LogP contribution in [0.4, 0.5) is 0 Å². The molecule has 138 valence electrons. The Bertz CT molecular complexity index is 646. The Kier molecular flexibility index (Phi) is 6.22. The van der Waals surface area contributed by atoms with Crippen molar-refractivity contribution < 1.29 is 23.5 Å². The predicted molar refractivity (Wildman–Crippen MR) is 90.8 cm³/mol. The van der Waals surface area contributed by atoms with Crippen molar-refractivity contribution in [3.8, 4) is 0 Å². The number of nitrogens with one attached hydrogen (secondary N) is 1. The molecule has 7 heteroatoms. The number of methoxy groups -OCH3 is 1. The van der Waals surface area contributed by atoms with Gasteiger partial charge in [-0.3, -0.25) is 9.59 Å². The van der Waals surface area contributed by atoms with Crippen LogP contribution in [0.2, 0.25) is 0 Å². The van der Waals surface area contributed by atoms with E-state index in [0.29, 0.717) is 17.1 Å². The van der Waals surface area contributed by atoms with E-state index in [9.17, 15) is 14.4 Å². The number of carbonyl (C=O) groups excluding carboxylic acids is 3. The number of carbonyl (C=O) groups is 3. The quantitative estimate of drug-likeness (QED) is 0.793. The first-order chi connectivity index (χ1) is 11.8. The van der Waals surface area contributed by atoms with Crippen molar-refractivity contribution in [2.24, 2.45) is 5.92 Å². The fraction of sp³-hybridized carbons (Fsp3) is 0.611. The summed E-state index contributed by atoms with van der Waals surface area (Å²) < 4.78 is 10.3. The summed E-state index contributed by atoms with van der Waals surface area (Å²) >= 11 is 0. The lowest BCUT2D eigenvalue weighted by Crippen LogP contribution is -2.50. The van der Waals surface area contributed by atoms with Crippen LogP contribution < -0.4 is 5.32 Å². The Morgan fingerprint density at radius 2 is 2.00 bits per heavy atom. The first-order valence-electron chi connectivity index (χ1n) is 8.53. The van der Waals surface area contributed by atoms with Crippen LogP contribution in [0.15, 0.2) is 10.5 Å². The number of ether oxygens (including phenoxy) is 1. The number of esters is 1. The maximum absolute atomic E-state index is 12.8. The Labute approximate surface area is 147 Å². The first-order valence-corrected chi connectivity index (χ1v) is 8.53. The fourth-order valence-corrected chi connectivity index (χ4v) is 3.37. The van der Waals surface area contributed by atoms with Crippen molar-refractivity contribution in [1.29, 1.82) is 0 Å². The largest absolute Gasteiger partial charge is 0.465 e. The molecule has 1 unspecified atom stereocenters. The van der Waals surface area contributed by atoms with Crippen LogP contribution in [0.3, 0.4) is 0 Å². The van der Waals surface area contributed by atoms with E-state index in [1.165, 1.54) is 18.9 Å². The highest BCUT2D eigenvalue weighted by atomic mass is 16.5. The van der Waals surface area contributed by atoms with Crippen LogP contribution in [0.5, 0.6) is 0 Å². The molecule has 1 heterocycles. The lowest BCUT2D eigenvalue weighted by atomic mass is 9.96. The van der Waals surface area contributed by atoms with Gasteiger partial charge >= 0.3 is 5.97 Å². The molecule has 1 saturated carbocycles. The Morgan fingerprint density at radius 1 is 1.36 bits per heavy atom. The Balaban J connectivity index is 2.09. The molecule has 0 bridgehead atoms. The monoisotopic (exact) mass is 350 g/mol. The van der Waals surface area contributed by atoms with Crippen LogP contribution in [0.1, 0.15) is 54.5 Å². The van der Waals surface area contributed by atoms with E-state index in [1.54, 1.807) is 20.0 Å². The van der Waals surface area contributed by atoms with Crippen LogP contribution in [0.25, 0.3) is 0 Å². The second-order valence-corrected chi connectivity index (χ2v) is 6.59. The number of likely N-dealkylation sites (N-methyl/N-ethyl adjacent to an activating group) is 1. The number of amides is 2. The molecule has 0 saturated heterocycles. The molecule has 1 aliphatic rings. The van der Waals surface area contributed by atoms with Crippen LogP contribution >= 0.6 is 0 Å². The summed E-state index contributed by atoms with van der Waals surface area (Å²) in [6.07, 6.45) is 4.04. The topological polar surface area (TPSA) is 88.9 Å². The average Bonchev–Trinajstić information content (AvgIpc) is 3.20. The zero-order valence-electron chi connectivity index (χ0n) is 15.3. The van der Waals surface area contributed by atoms with Crippen molar-refractivity contribution >= 4 is 17.8 Å². The molecular formula is C18H26N2O5. The minimum Gasteiger partial charge on any atom is -0.465 e. The highest BCUT2D eigenvalue weighted by Gasteiger charge is 2.33. The smallest absolute Gasteiger partial charge is 0.341 e. The summed E-state index contributed by atoms with van der Waals surface area (Å²) in [4.78, 5) is 37.5. The van der Waals surface area contributed by atoms with E-state index >= 15 is 0 Å². The van der Waals surface area contributed by atoms with Gasteiger partial charge in [0.15, 0.2) is 0 Å². The molecule has 1 fully saturated rings. The molecular weight excluding hydrogens is 324 g/mol. The Hall–Kier alpha value is -2.31. The van der Waals surface area contributed by atoms with E-state index in [1.807, 2.05) is 0 Å². The lowest BCUT2D eigenvalue weighted by Gasteiger charge is -2.27. The normalized spacial score (nSPS) is 15.7. The van der Waals surface area contributed by atoms with Crippen molar-refractivity contribution in [2.75, 3.05) is 14.2 Å². The van der Waals surface area contributed by atoms with E-state index in [-0.39, 0.29) is 24.3 Å². The van der Waals surface area contributed by atoms with Crippen LogP contribution in [-0.2, 0) is 20.9 Å². The molecule has 1 aliphatic carbocycles. The number of hydrogen-bond donors (Lipinski definition) is 1. The van der Waals surface area contributed by atoms with Gasteiger partial charge in [0.1, 0.15) is 23.1 Å². The van der Waals surface area contributed by atoms with Gasteiger partial charge < -0.3 is 19.4 Å². The van der Waals surface area contributed by atoms with Gasteiger partial charge in [-0.1, -0.05) is 12.8 Å². The third-order valence-corrected chi connectivity index (χ3v) is 4.64. The van der Waals surface area contributed by atoms with E-state index in [2.05, 4.69) is 5.32 Å². The zero-order valence-corrected chi connectivity index (χ0v) is 15.3. The molecule has 2 amide bonds. The highest BCUT2D eigenvalue weighted by Crippen LogP contribution is 2.29. The minimum atomic E-state index is -0.513. The van der Waals surface area contributed by atoms with Crippen LogP contribution in [0, 0.1) is 12.8 Å². The molecule has 2 rings (SSSR count). The molecule has 0 radical (unpaired) electrons. The van der Waals surface area contributed by atoms with Gasteiger partial charge in [-0.05, 0) is 31.7 Å². The predicted octanol–water partition coefficient (Wildman–Crippen LogP) is 2.03. The summed E-state index contributed by atoms with van der Waals surface area (Å²) in [5.74, 6) is 0.307. The maximum atomic E-state index is 12.8. The number of nitrogens with zero attached hydrogens (tertiary/aromatic N) is 1. The van der Waals surface area contributed by atoms with Gasteiger partial charge in [0, 0.05) is 14.0 Å². The molecule has 1 aromatic heterocycles. The minimum absolute atomic E-state index is 0.143. The zero-order chi connectivity index (χ0) is 18.6. The summed E-state index contributed by atoms with van der Waals surface area (Å²) in [6, 6.07) is 1.08. The summed E-state index contributed by atoms with van der Waals surface area (Å²) in [5.41, 5.74) is 0.354. The fourth-order valence-electron chi connectivity index (χ4n) is 3.37. The summed E-state index contributed by atoms with van der Waals surface area (Å²) in [5, 5.41) is 2.80. The second kappa shape index (κ2) is 8.18. The molecule has 1 N–H and O–H groups in total. The van der Waals surface area contributed by atoms with E-state index < -0.39 is 12.0 Å².